The van der Waals surface area contributed by atoms with Gasteiger partial charge in [-0.25, -0.2) is 4.98 Å². The summed E-state index contributed by atoms with van der Waals surface area (Å²) in [4.78, 5) is 30.5. The molecule has 2 heterocycles. The van der Waals surface area contributed by atoms with Crippen LogP contribution in [-0.4, -0.2) is 20.6 Å². The minimum atomic E-state index is -0.670. The van der Waals surface area contributed by atoms with E-state index < -0.39 is 11.5 Å². The van der Waals surface area contributed by atoms with Crippen LogP contribution in [0.5, 0.6) is 5.75 Å². The number of hydrogen-bond acceptors (Lipinski definition) is 4. The Kier molecular flexibility index (Phi) is 4.83. The fourth-order valence-electron chi connectivity index (χ4n) is 3.29. The van der Waals surface area contributed by atoms with Gasteiger partial charge in [0.2, 0.25) is 0 Å². The zero-order valence-corrected chi connectivity index (χ0v) is 15.8. The van der Waals surface area contributed by atoms with Crippen molar-refractivity contribution >= 4 is 22.6 Å². The van der Waals surface area contributed by atoms with Gasteiger partial charge >= 0.3 is 0 Å². The number of nitrogens with zero attached hydrogens (tertiary/aromatic N) is 2. The first kappa shape index (κ1) is 18.4. The Morgan fingerprint density at radius 2 is 1.86 bits per heavy atom. The zero-order valence-electron chi connectivity index (χ0n) is 15.8. The van der Waals surface area contributed by atoms with Gasteiger partial charge < -0.3 is 10.4 Å². The molecule has 2 N–H and O–H groups in total. The lowest BCUT2D eigenvalue weighted by Gasteiger charge is -2.14. The number of para-hydroxylation sites is 1. The maximum Gasteiger partial charge on any atom is 0.273 e. The summed E-state index contributed by atoms with van der Waals surface area (Å²) in [5.74, 6) is -1.05. The monoisotopic (exact) mass is 385 g/mol. The molecule has 0 radical (unpaired) electrons. The van der Waals surface area contributed by atoms with Crippen LogP contribution >= 0.6 is 0 Å². The van der Waals surface area contributed by atoms with Gasteiger partial charge in [0, 0.05) is 11.9 Å². The molecule has 29 heavy (non-hydrogen) atoms. The number of anilines is 1. The van der Waals surface area contributed by atoms with Crippen molar-refractivity contribution in [3.05, 3.63) is 94.4 Å². The molecular formula is C23H19N3O3. The number of aryl methyl sites for hydroxylation is 1. The van der Waals surface area contributed by atoms with Crippen molar-refractivity contribution in [3.63, 3.8) is 0 Å². The van der Waals surface area contributed by atoms with Crippen LogP contribution in [0.15, 0.2) is 77.7 Å². The minimum Gasteiger partial charge on any atom is -0.506 e. The van der Waals surface area contributed by atoms with Gasteiger partial charge in [-0.15, -0.1) is 0 Å². The summed E-state index contributed by atoms with van der Waals surface area (Å²) in [6.07, 6.45) is 2.36. The highest BCUT2D eigenvalue weighted by atomic mass is 16.3. The second-order valence-corrected chi connectivity index (χ2v) is 6.58. The maximum atomic E-state index is 13.3. The van der Waals surface area contributed by atoms with Crippen LogP contribution in [-0.2, 0) is 6.42 Å². The van der Waals surface area contributed by atoms with E-state index in [1.807, 2.05) is 31.2 Å². The van der Waals surface area contributed by atoms with Crippen LogP contribution in [0, 0.1) is 0 Å². The number of carbonyl (C=O) groups excluding carboxylic acids is 1. The minimum absolute atomic E-state index is 0.283. The smallest absolute Gasteiger partial charge is 0.273 e. The molecule has 0 spiro atoms. The van der Waals surface area contributed by atoms with E-state index >= 15 is 0 Å². The van der Waals surface area contributed by atoms with E-state index in [9.17, 15) is 14.7 Å². The van der Waals surface area contributed by atoms with Gasteiger partial charge in [-0.1, -0.05) is 37.3 Å². The molecule has 6 nitrogen and oxygen atoms in total. The van der Waals surface area contributed by atoms with E-state index in [1.165, 1.54) is 10.8 Å². The number of benzene rings is 2. The molecule has 0 aliphatic heterocycles. The van der Waals surface area contributed by atoms with Gasteiger partial charge in [-0.2, -0.15) is 0 Å². The van der Waals surface area contributed by atoms with Gasteiger partial charge in [-0.3, -0.25) is 14.2 Å². The lowest BCUT2D eigenvalue weighted by atomic mass is 10.1. The number of amides is 1. The molecule has 0 aliphatic carbocycles. The standard InChI is InChI=1S/C23H19N3O3/c1-2-15-8-6-9-16(14-15)25-22(28)19-20(27)18-12-7-13-24-21(18)26(23(19)29)17-10-4-3-5-11-17/h3-14,27H,2H2,1H3,(H,25,28). The number of aromatic nitrogens is 2. The molecule has 0 aliphatic rings. The molecule has 0 saturated heterocycles. The summed E-state index contributed by atoms with van der Waals surface area (Å²) in [5, 5.41) is 13.8. The lowest BCUT2D eigenvalue weighted by molar-refractivity contribution is 0.102. The van der Waals surface area contributed by atoms with E-state index in [-0.39, 0.29) is 17.0 Å². The molecule has 2 aromatic heterocycles. The number of hydrogen-bond donors (Lipinski definition) is 2. The molecule has 2 aromatic carbocycles. The number of aromatic hydroxyl groups is 1. The van der Waals surface area contributed by atoms with Crippen molar-refractivity contribution in [1.29, 1.82) is 0 Å². The van der Waals surface area contributed by atoms with Crippen LogP contribution in [0.1, 0.15) is 22.8 Å². The van der Waals surface area contributed by atoms with Gasteiger partial charge in [0.25, 0.3) is 11.5 Å². The van der Waals surface area contributed by atoms with Crippen molar-refractivity contribution in [2.24, 2.45) is 0 Å². The molecule has 0 unspecified atom stereocenters. The second-order valence-electron chi connectivity index (χ2n) is 6.58. The first-order valence-electron chi connectivity index (χ1n) is 9.28. The SMILES string of the molecule is CCc1cccc(NC(=O)c2c(O)c3cccnc3n(-c3ccccc3)c2=O)c1. The van der Waals surface area contributed by atoms with E-state index in [0.717, 1.165) is 12.0 Å². The summed E-state index contributed by atoms with van der Waals surface area (Å²) in [6, 6.07) is 19.6. The van der Waals surface area contributed by atoms with Gasteiger partial charge in [0.15, 0.2) is 5.65 Å². The highest BCUT2D eigenvalue weighted by molar-refractivity contribution is 6.09. The number of fused-ring (bicyclic) bond motifs is 1. The van der Waals surface area contributed by atoms with E-state index in [4.69, 9.17) is 0 Å². The Morgan fingerprint density at radius 3 is 2.62 bits per heavy atom. The molecule has 0 atom stereocenters. The third-order valence-electron chi connectivity index (χ3n) is 4.74. The van der Waals surface area contributed by atoms with Gasteiger partial charge in [0.05, 0.1) is 11.1 Å². The van der Waals surface area contributed by atoms with Crippen LogP contribution in [0.4, 0.5) is 5.69 Å². The van der Waals surface area contributed by atoms with E-state index in [2.05, 4.69) is 10.3 Å². The first-order chi connectivity index (χ1) is 14.1. The van der Waals surface area contributed by atoms with E-state index in [1.54, 1.807) is 42.5 Å². The van der Waals surface area contributed by atoms with Crippen molar-refractivity contribution in [3.8, 4) is 11.4 Å². The molecule has 0 fully saturated rings. The Labute approximate surface area is 167 Å². The second kappa shape index (κ2) is 7.59. The van der Waals surface area contributed by atoms with Crippen molar-refractivity contribution < 1.29 is 9.90 Å². The summed E-state index contributed by atoms with van der Waals surface area (Å²) >= 11 is 0. The van der Waals surface area contributed by atoms with Crippen molar-refractivity contribution in [2.75, 3.05) is 5.32 Å². The Bertz CT molecular complexity index is 1260. The Morgan fingerprint density at radius 1 is 1.07 bits per heavy atom. The molecule has 4 aromatic rings. The summed E-state index contributed by atoms with van der Waals surface area (Å²) in [6.45, 7) is 2.02. The average molecular weight is 385 g/mol. The number of pyridine rings is 2. The van der Waals surface area contributed by atoms with Crippen LogP contribution in [0.25, 0.3) is 16.7 Å². The zero-order chi connectivity index (χ0) is 20.4. The summed E-state index contributed by atoms with van der Waals surface area (Å²) in [7, 11) is 0. The third-order valence-corrected chi connectivity index (χ3v) is 4.74. The number of carbonyl (C=O) groups is 1. The van der Waals surface area contributed by atoms with Crippen molar-refractivity contribution in [2.45, 2.75) is 13.3 Å². The van der Waals surface area contributed by atoms with Crippen LogP contribution in [0.2, 0.25) is 0 Å². The first-order valence-corrected chi connectivity index (χ1v) is 9.28. The number of rotatable bonds is 4. The van der Waals surface area contributed by atoms with Crippen molar-refractivity contribution in [1.82, 2.24) is 9.55 Å². The number of nitrogens with one attached hydrogen (secondary N) is 1. The van der Waals surface area contributed by atoms with Crippen LogP contribution < -0.4 is 10.9 Å². The Balaban J connectivity index is 1.90. The molecule has 144 valence electrons. The highest BCUT2D eigenvalue weighted by Crippen LogP contribution is 2.27. The summed E-state index contributed by atoms with van der Waals surface area (Å²) < 4.78 is 1.34. The quantitative estimate of drug-likeness (QED) is 0.558. The van der Waals surface area contributed by atoms with Gasteiger partial charge in [0.1, 0.15) is 11.3 Å². The fourth-order valence-corrected chi connectivity index (χ4v) is 3.29. The highest BCUT2D eigenvalue weighted by Gasteiger charge is 2.23. The topological polar surface area (TPSA) is 84.2 Å². The molecule has 0 bridgehead atoms. The normalized spacial score (nSPS) is 10.8. The molecule has 0 saturated carbocycles. The molecule has 1 amide bonds. The predicted octanol–water partition coefficient (Wildman–Crippen LogP) is 3.91. The molecule has 6 heteroatoms. The van der Waals surface area contributed by atoms with Gasteiger partial charge in [-0.05, 0) is 48.4 Å². The molecule has 4 rings (SSSR count). The molecular weight excluding hydrogens is 366 g/mol. The van der Waals surface area contributed by atoms with E-state index in [0.29, 0.717) is 16.8 Å². The third kappa shape index (κ3) is 3.36. The summed E-state index contributed by atoms with van der Waals surface area (Å²) in [5.41, 5.74) is 1.50. The maximum absolute atomic E-state index is 13.3. The Hall–Kier alpha value is -3.93. The fraction of sp³-hybridized carbons (Fsp3) is 0.0870. The average Bonchev–Trinajstić information content (AvgIpc) is 2.75. The lowest BCUT2D eigenvalue weighted by Crippen LogP contribution is -2.29. The van der Waals surface area contributed by atoms with Crippen LogP contribution in [0.3, 0.4) is 0 Å². The predicted molar refractivity (Wildman–Crippen MR) is 113 cm³/mol. The largest absolute Gasteiger partial charge is 0.506 e.